The zero-order chi connectivity index (χ0) is 28.5. The third kappa shape index (κ3) is 4.88. The third-order valence-corrected chi connectivity index (χ3v) is 7.32. The van der Waals surface area contributed by atoms with Crippen molar-refractivity contribution in [1.29, 1.82) is 0 Å². The number of rotatable bonds is 9. The fourth-order valence-electron chi connectivity index (χ4n) is 5.32. The van der Waals surface area contributed by atoms with Gasteiger partial charge in [-0.3, -0.25) is 19.1 Å². The number of fused-ring (bicyclic) bond motifs is 4. The molecule has 41 heavy (non-hydrogen) atoms. The number of hydrogen-bond donors (Lipinski definition) is 2. The predicted octanol–water partition coefficient (Wildman–Crippen LogP) is 4.86. The fraction of sp³-hybridized carbons (Fsp3) is 0.226. The van der Waals surface area contributed by atoms with Gasteiger partial charge in [-0.05, 0) is 73.5 Å². The standard InChI is InChI=1S/C31H29N5O5/c1-3-41-30(39)19-8-10-21(11-9-19)33-28(37)17-27-29(38)35(31-34-25-6-4-5-7-26(25)36(27)31)15-14-20-18-32-24-13-12-22(40-2)16-23(20)24/h4-13,16,18,27,32H,3,14-15,17H2,1-2H3,(H,33,37)/t27-/m0/s1. The first-order chi connectivity index (χ1) is 20.0. The average molecular weight is 552 g/mol. The molecule has 3 heterocycles. The molecule has 10 nitrogen and oxygen atoms in total. The van der Waals surface area contributed by atoms with E-state index in [1.54, 1.807) is 43.2 Å². The zero-order valence-corrected chi connectivity index (χ0v) is 22.7. The number of methoxy groups -OCH3 is 1. The van der Waals surface area contributed by atoms with Crippen molar-refractivity contribution in [2.24, 2.45) is 0 Å². The highest BCUT2D eigenvalue weighted by molar-refractivity contribution is 6.05. The maximum Gasteiger partial charge on any atom is 0.338 e. The van der Waals surface area contributed by atoms with E-state index < -0.39 is 12.0 Å². The van der Waals surface area contributed by atoms with Crippen molar-refractivity contribution in [1.82, 2.24) is 14.5 Å². The Bertz CT molecular complexity index is 1770. The molecular weight excluding hydrogens is 522 g/mol. The average Bonchev–Trinajstić information content (AvgIpc) is 3.64. The van der Waals surface area contributed by atoms with Crippen LogP contribution < -0.4 is 15.0 Å². The second-order valence-corrected chi connectivity index (χ2v) is 9.80. The molecule has 0 saturated heterocycles. The first-order valence-corrected chi connectivity index (χ1v) is 13.5. The van der Waals surface area contributed by atoms with Gasteiger partial charge >= 0.3 is 5.97 Å². The molecule has 2 aromatic heterocycles. The van der Waals surface area contributed by atoms with Crippen molar-refractivity contribution in [3.63, 3.8) is 0 Å². The number of carbonyl (C=O) groups excluding carboxylic acids is 3. The van der Waals surface area contributed by atoms with Gasteiger partial charge in [0.1, 0.15) is 11.8 Å². The van der Waals surface area contributed by atoms with Gasteiger partial charge in [0.05, 0.1) is 36.7 Å². The van der Waals surface area contributed by atoms with Crippen molar-refractivity contribution < 1.29 is 23.9 Å². The van der Waals surface area contributed by atoms with Crippen LogP contribution in [0, 0.1) is 0 Å². The van der Waals surface area contributed by atoms with Gasteiger partial charge in [0, 0.05) is 29.3 Å². The molecular formula is C31H29N5O5. The Balaban J connectivity index is 1.22. The number of amides is 2. The maximum atomic E-state index is 13.8. The van der Waals surface area contributed by atoms with Crippen LogP contribution >= 0.6 is 0 Å². The lowest BCUT2D eigenvalue weighted by Gasteiger charge is -2.16. The molecule has 3 aromatic carbocycles. The van der Waals surface area contributed by atoms with Gasteiger partial charge in [0.15, 0.2) is 0 Å². The number of anilines is 2. The molecule has 0 radical (unpaired) electrons. The third-order valence-electron chi connectivity index (χ3n) is 7.32. The molecule has 0 fully saturated rings. The van der Waals surface area contributed by atoms with Gasteiger partial charge in [0.2, 0.25) is 11.9 Å². The number of H-pyrrole nitrogens is 1. The monoisotopic (exact) mass is 551 g/mol. The van der Waals surface area contributed by atoms with Gasteiger partial charge in [0.25, 0.3) is 5.91 Å². The Labute approximate surface area is 235 Å². The molecule has 0 spiro atoms. The molecule has 0 saturated carbocycles. The summed E-state index contributed by atoms with van der Waals surface area (Å²) >= 11 is 0. The predicted molar refractivity (Wildman–Crippen MR) is 155 cm³/mol. The number of aromatic nitrogens is 3. The zero-order valence-electron chi connectivity index (χ0n) is 22.7. The summed E-state index contributed by atoms with van der Waals surface area (Å²) < 4.78 is 12.3. The van der Waals surface area contributed by atoms with Crippen molar-refractivity contribution in [2.75, 3.05) is 30.5 Å². The van der Waals surface area contributed by atoms with Crippen molar-refractivity contribution in [3.05, 3.63) is 84.1 Å². The summed E-state index contributed by atoms with van der Waals surface area (Å²) in [6, 6.07) is 19.2. The van der Waals surface area contributed by atoms with Crippen LogP contribution in [-0.2, 0) is 20.7 Å². The molecule has 0 bridgehead atoms. The van der Waals surface area contributed by atoms with Gasteiger partial charge in [-0.1, -0.05) is 12.1 Å². The van der Waals surface area contributed by atoms with E-state index in [-0.39, 0.29) is 24.8 Å². The van der Waals surface area contributed by atoms with Crippen LogP contribution in [0.5, 0.6) is 5.75 Å². The Morgan fingerprint density at radius 3 is 2.66 bits per heavy atom. The number of nitrogens with zero attached hydrogens (tertiary/aromatic N) is 3. The van der Waals surface area contributed by atoms with E-state index in [1.807, 2.05) is 53.2 Å². The summed E-state index contributed by atoms with van der Waals surface area (Å²) in [5.74, 6) is 0.377. The summed E-state index contributed by atoms with van der Waals surface area (Å²) in [7, 11) is 1.63. The lowest BCUT2D eigenvalue weighted by Crippen LogP contribution is -2.33. The Morgan fingerprint density at radius 2 is 1.88 bits per heavy atom. The first-order valence-electron chi connectivity index (χ1n) is 13.5. The molecule has 2 amide bonds. The van der Waals surface area contributed by atoms with Crippen LogP contribution in [0.25, 0.3) is 21.9 Å². The number of imidazole rings is 1. The largest absolute Gasteiger partial charge is 0.497 e. The van der Waals surface area contributed by atoms with Crippen molar-refractivity contribution >= 4 is 51.4 Å². The Hall–Kier alpha value is -5.12. The normalized spacial score (nSPS) is 14.4. The molecule has 5 aromatic rings. The number of nitrogens with one attached hydrogen (secondary N) is 2. The molecule has 0 unspecified atom stereocenters. The molecule has 208 valence electrons. The summed E-state index contributed by atoms with van der Waals surface area (Å²) in [4.78, 5) is 48.5. The fourth-order valence-corrected chi connectivity index (χ4v) is 5.32. The minimum Gasteiger partial charge on any atom is -0.497 e. The van der Waals surface area contributed by atoms with Crippen LogP contribution in [0.3, 0.4) is 0 Å². The number of hydrogen-bond acceptors (Lipinski definition) is 6. The summed E-state index contributed by atoms with van der Waals surface area (Å²) in [6.45, 7) is 2.43. The topological polar surface area (TPSA) is 119 Å². The Morgan fingerprint density at radius 1 is 1.07 bits per heavy atom. The summed E-state index contributed by atoms with van der Waals surface area (Å²) in [5, 5.41) is 3.88. The van der Waals surface area contributed by atoms with E-state index in [0.717, 1.165) is 33.2 Å². The van der Waals surface area contributed by atoms with Gasteiger partial charge in [-0.2, -0.15) is 0 Å². The lowest BCUT2D eigenvalue weighted by atomic mass is 10.1. The molecule has 6 rings (SSSR count). The van der Waals surface area contributed by atoms with E-state index in [0.29, 0.717) is 30.2 Å². The van der Waals surface area contributed by atoms with E-state index in [4.69, 9.17) is 14.5 Å². The van der Waals surface area contributed by atoms with E-state index in [1.165, 1.54) is 0 Å². The lowest BCUT2D eigenvalue weighted by molar-refractivity contribution is -0.124. The van der Waals surface area contributed by atoms with Crippen LogP contribution in [0.2, 0.25) is 0 Å². The smallest absolute Gasteiger partial charge is 0.338 e. The quantitative estimate of drug-likeness (QED) is 0.253. The summed E-state index contributed by atoms with van der Waals surface area (Å²) in [5.41, 5.74) is 4.53. The number of benzene rings is 3. The molecule has 1 aliphatic heterocycles. The van der Waals surface area contributed by atoms with Gasteiger partial charge in [-0.25, -0.2) is 9.78 Å². The van der Waals surface area contributed by atoms with E-state index in [9.17, 15) is 14.4 Å². The van der Waals surface area contributed by atoms with Gasteiger partial charge < -0.3 is 19.8 Å². The van der Waals surface area contributed by atoms with Crippen LogP contribution in [0.1, 0.15) is 35.3 Å². The minimum atomic E-state index is -0.737. The Kier molecular flexibility index (Phi) is 6.88. The van der Waals surface area contributed by atoms with Crippen molar-refractivity contribution in [3.8, 4) is 5.75 Å². The molecule has 0 aliphatic carbocycles. The number of ether oxygens (including phenoxy) is 2. The van der Waals surface area contributed by atoms with Crippen LogP contribution in [0.4, 0.5) is 11.6 Å². The number of carbonyl (C=O) groups is 3. The molecule has 1 aliphatic rings. The molecule has 1 atom stereocenters. The van der Waals surface area contributed by atoms with Gasteiger partial charge in [-0.15, -0.1) is 0 Å². The molecule has 10 heteroatoms. The van der Waals surface area contributed by atoms with Crippen molar-refractivity contribution in [2.45, 2.75) is 25.8 Å². The first kappa shape index (κ1) is 26.1. The minimum absolute atomic E-state index is 0.0629. The molecule has 2 N–H and O–H groups in total. The number of aromatic amines is 1. The van der Waals surface area contributed by atoms with E-state index in [2.05, 4.69) is 10.3 Å². The second-order valence-electron chi connectivity index (χ2n) is 9.80. The SMILES string of the molecule is CCOC(=O)c1ccc(NC(=O)C[C@H]2C(=O)N(CCc3c[nH]c4ccc(OC)cc34)c3nc4ccccc4n32)cc1. The highest BCUT2D eigenvalue weighted by Gasteiger charge is 2.40. The second kappa shape index (κ2) is 10.8. The van der Waals surface area contributed by atoms with Crippen LogP contribution in [0.15, 0.2) is 72.9 Å². The summed E-state index contributed by atoms with van der Waals surface area (Å²) in [6.07, 6.45) is 2.48. The number of esters is 1. The highest BCUT2D eigenvalue weighted by Crippen LogP contribution is 2.37. The van der Waals surface area contributed by atoms with E-state index >= 15 is 0 Å². The highest BCUT2D eigenvalue weighted by atomic mass is 16.5. The van der Waals surface area contributed by atoms with Crippen LogP contribution in [-0.4, -0.2) is 52.6 Å². The maximum absolute atomic E-state index is 13.8. The number of para-hydroxylation sites is 2.